The molecule has 1 aliphatic rings. The van der Waals surface area contributed by atoms with Crippen molar-refractivity contribution in [2.75, 3.05) is 14.2 Å². The molecule has 1 heterocycles. The molecular weight excluding hydrogens is 316 g/mol. The summed E-state index contributed by atoms with van der Waals surface area (Å²) < 4.78 is 10.7. The van der Waals surface area contributed by atoms with E-state index in [0.717, 1.165) is 36.8 Å². The van der Waals surface area contributed by atoms with Crippen LogP contribution in [-0.4, -0.2) is 25.1 Å². The van der Waals surface area contributed by atoms with E-state index >= 15 is 0 Å². The predicted molar refractivity (Wildman–Crippen MR) is 95.8 cm³/mol. The monoisotopic (exact) mass is 340 g/mol. The molecule has 2 aromatic rings. The van der Waals surface area contributed by atoms with E-state index in [4.69, 9.17) is 9.47 Å². The van der Waals surface area contributed by atoms with Crippen LogP contribution in [0, 0.1) is 0 Å². The average Bonchev–Trinajstić information content (AvgIpc) is 3.17. The highest BCUT2D eigenvalue weighted by Crippen LogP contribution is 2.43. The van der Waals surface area contributed by atoms with Crippen LogP contribution in [-0.2, 0) is 16.8 Å². The molecule has 1 aromatic heterocycles. The zero-order valence-corrected chi connectivity index (χ0v) is 14.7. The zero-order chi connectivity index (χ0) is 17.7. The summed E-state index contributed by atoms with van der Waals surface area (Å²) in [5.41, 5.74) is 1.49. The topological polar surface area (TPSA) is 60.5 Å². The number of nitrogens with zero attached hydrogens (tertiary/aromatic N) is 1. The van der Waals surface area contributed by atoms with Gasteiger partial charge in [0.05, 0.1) is 19.6 Å². The van der Waals surface area contributed by atoms with E-state index in [2.05, 4.69) is 10.3 Å². The minimum absolute atomic E-state index is 0.0704. The Balaban J connectivity index is 1.85. The Morgan fingerprint density at radius 1 is 1.16 bits per heavy atom. The number of hydrogen-bond donors (Lipinski definition) is 1. The molecule has 1 aliphatic carbocycles. The Morgan fingerprint density at radius 3 is 2.56 bits per heavy atom. The second-order valence-corrected chi connectivity index (χ2v) is 6.40. The molecule has 25 heavy (non-hydrogen) atoms. The van der Waals surface area contributed by atoms with E-state index in [1.54, 1.807) is 26.6 Å². The third-order valence-electron chi connectivity index (χ3n) is 5.00. The summed E-state index contributed by atoms with van der Waals surface area (Å²) in [5.74, 6) is 1.41. The largest absolute Gasteiger partial charge is 0.493 e. The molecule has 0 saturated heterocycles. The summed E-state index contributed by atoms with van der Waals surface area (Å²) in [7, 11) is 3.23. The van der Waals surface area contributed by atoms with Crippen molar-refractivity contribution >= 4 is 5.91 Å². The molecule has 0 atom stereocenters. The number of aromatic nitrogens is 1. The lowest BCUT2D eigenvalue weighted by Crippen LogP contribution is -2.42. The van der Waals surface area contributed by atoms with Gasteiger partial charge in [-0.05, 0) is 42.2 Å². The van der Waals surface area contributed by atoms with Crippen LogP contribution < -0.4 is 14.8 Å². The Morgan fingerprint density at radius 2 is 1.92 bits per heavy atom. The molecule has 0 unspecified atom stereocenters. The summed E-state index contributed by atoms with van der Waals surface area (Å²) in [5, 5.41) is 3.10. The lowest BCUT2D eigenvalue weighted by Gasteiger charge is -2.29. The van der Waals surface area contributed by atoms with Gasteiger partial charge in [-0.25, -0.2) is 0 Å². The van der Waals surface area contributed by atoms with Crippen LogP contribution in [0.2, 0.25) is 0 Å². The second kappa shape index (κ2) is 7.55. The molecular formula is C20H24N2O3. The van der Waals surface area contributed by atoms with Gasteiger partial charge in [-0.2, -0.15) is 0 Å². The SMILES string of the molecule is COc1ccc(C2(C(=O)NCc3cccnc3)CCCC2)cc1OC. The normalized spacial score (nSPS) is 15.6. The quantitative estimate of drug-likeness (QED) is 0.877. The number of carbonyl (C=O) groups excluding carboxylic acids is 1. The molecule has 5 heteroatoms. The van der Waals surface area contributed by atoms with E-state index in [1.165, 1.54) is 0 Å². The number of methoxy groups -OCH3 is 2. The number of ether oxygens (including phenoxy) is 2. The average molecular weight is 340 g/mol. The molecule has 5 nitrogen and oxygen atoms in total. The first-order valence-electron chi connectivity index (χ1n) is 8.59. The molecule has 0 bridgehead atoms. The maximum Gasteiger partial charge on any atom is 0.230 e. The molecule has 0 radical (unpaired) electrons. The number of pyridine rings is 1. The zero-order valence-electron chi connectivity index (χ0n) is 14.7. The van der Waals surface area contributed by atoms with Crippen LogP contribution in [0.5, 0.6) is 11.5 Å². The lowest BCUT2D eigenvalue weighted by atomic mass is 9.77. The Bertz CT molecular complexity index is 725. The second-order valence-electron chi connectivity index (χ2n) is 6.40. The van der Waals surface area contributed by atoms with Crippen molar-refractivity contribution in [1.29, 1.82) is 0 Å². The summed E-state index contributed by atoms with van der Waals surface area (Å²) in [6.07, 6.45) is 7.30. The highest BCUT2D eigenvalue weighted by atomic mass is 16.5. The van der Waals surface area contributed by atoms with Crippen LogP contribution >= 0.6 is 0 Å². The van der Waals surface area contributed by atoms with Crippen molar-refractivity contribution in [3.05, 3.63) is 53.9 Å². The molecule has 1 saturated carbocycles. The first kappa shape index (κ1) is 17.3. The van der Waals surface area contributed by atoms with Gasteiger partial charge in [0.1, 0.15) is 0 Å². The molecule has 1 fully saturated rings. The van der Waals surface area contributed by atoms with Crippen molar-refractivity contribution in [1.82, 2.24) is 10.3 Å². The molecule has 1 N–H and O–H groups in total. The molecule has 0 spiro atoms. The van der Waals surface area contributed by atoms with Gasteiger partial charge in [0, 0.05) is 18.9 Å². The van der Waals surface area contributed by atoms with Crippen LogP contribution in [0.25, 0.3) is 0 Å². The standard InChI is InChI=1S/C20H24N2O3/c1-24-17-8-7-16(12-18(17)25-2)20(9-3-4-10-20)19(23)22-14-15-6-5-11-21-13-15/h5-8,11-13H,3-4,9-10,14H2,1-2H3,(H,22,23). The highest BCUT2D eigenvalue weighted by Gasteiger charge is 2.42. The molecule has 0 aliphatic heterocycles. The minimum Gasteiger partial charge on any atom is -0.493 e. The Kier molecular flexibility index (Phi) is 5.22. The summed E-state index contributed by atoms with van der Waals surface area (Å²) in [6.45, 7) is 0.488. The van der Waals surface area contributed by atoms with E-state index in [-0.39, 0.29) is 5.91 Å². The minimum atomic E-state index is -0.498. The highest BCUT2D eigenvalue weighted by molar-refractivity contribution is 5.88. The van der Waals surface area contributed by atoms with Crippen LogP contribution in [0.15, 0.2) is 42.7 Å². The van der Waals surface area contributed by atoms with Crippen molar-refractivity contribution in [2.45, 2.75) is 37.6 Å². The van der Waals surface area contributed by atoms with Crippen LogP contribution in [0.4, 0.5) is 0 Å². The third-order valence-corrected chi connectivity index (χ3v) is 5.00. The number of amides is 1. The van der Waals surface area contributed by atoms with E-state index < -0.39 is 5.41 Å². The molecule has 1 amide bonds. The lowest BCUT2D eigenvalue weighted by molar-refractivity contribution is -0.126. The number of nitrogens with one attached hydrogen (secondary N) is 1. The van der Waals surface area contributed by atoms with Gasteiger partial charge in [-0.15, -0.1) is 0 Å². The number of benzene rings is 1. The van der Waals surface area contributed by atoms with Crippen molar-refractivity contribution < 1.29 is 14.3 Å². The van der Waals surface area contributed by atoms with E-state index in [1.807, 2.05) is 30.3 Å². The first-order chi connectivity index (χ1) is 12.2. The van der Waals surface area contributed by atoms with Gasteiger partial charge < -0.3 is 14.8 Å². The fourth-order valence-corrected chi connectivity index (χ4v) is 3.61. The van der Waals surface area contributed by atoms with Gasteiger partial charge in [-0.1, -0.05) is 25.0 Å². The summed E-state index contributed by atoms with van der Waals surface area (Å²) in [6, 6.07) is 9.64. The Hall–Kier alpha value is -2.56. The number of rotatable bonds is 6. The first-order valence-corrected chi connectivity index (χ1v) is 8.59. The smallest absolute Gasteiger partial charge is 0.230 e. The fourth-order valence-electron chi connectivity index (χ4n) is 3.61. The predicted octanol–water partition coefficient (Wildman–Crippen LogP) is 3.23. The maximum absolute atomic E-state index is 13.1. The number of carbonyl (C=O) groups is 1. The third kappa shape index (κ3) is 3.45. The number of hydrogen-bond acceptors (Lipinski definition) is 4. The molecule has 132 valence electrons. The summed E-state index contributed by atoms with van der Waals surface area (Å²) >= 11 is 0. The van der Waals surface area contributed by atoms with Gasteiger partial charge in [0.15, 0.2) is 11.5 Å². The Labute approximate surface area is 148 Å². The van der Waals surface area contributed by atoms with Gasteiger partial charge >= 0.3 is 0 Å². The van der Waals surface area contributed by atoms with E-state index in [0.29, 0.717) is 18.0 Å². The molecule has 1 aromatic carbocycles. The van der Waals surface area contributed by atoms with Crippen molar-refractivity contribution in [3.63, 3.8) is 0 Å². The van der Waals surface area contributed by atoms with Crippen LogP contribution in [0.3, 0.4) is 0 Å². The van der Waals surface area contributed by atoms with E-state index in [9.17, 15) is 4.79 Å². The maximum atomic E-state index is 13.1. The van der Waals surface area contributed by atoms with Crippen molar-refractivity contribution in [3.8, 4) is 11.5 Å². The summed E-state index contributed by atoms with van der Waals surface area (Å²) in [4.78, 5) is 17.2. The van der Waals surface area contributed by atoms with Gasteiger partial charge in [-0.3, -0.25) is 9.78 Å². The van der Waals surface area contributed by atoms with Crippen LogP contribution in [0.1, 0.15) is 36.8 Å². The van der Waals surface area contributed by atoms with Crippen molar-refractivity contribution in [2.24, 2.45) is 0 Å². The van der Waals surface area contributed by atoms with Gasteiger partial charge in [0.25, 0.3) is 0 Å². The van der Waals surface area contributed by atoms with Gasteiger partial charge in [0.2, 0.25) is 5.91 Å². The fraction of sp³-hybridized carbons (Fsp3) is 0.400. The molecule has 3 rings (SSSR count).